The van der Waals surface area contributed by atoms with Crippen LogP contribution in [0.2, 0.25) is 0 Å². The van der Waals surface area contributed by atoms with Gasteiger partial charge in [-0.2, -0.15) is 0 Å². The molecule has 0 aliphatic carbocycles. The number of rotatable bonds is 6. The van der Waals surface area contributed by atoms with Crippen LogP contribution in [0.4, 0.5) is 0 Å². The van der Waals surface area contributed by atoms with E-state index in [0.717, 1.165) is 23.2 Å². The maximum Gasteiger partial charge on any atom is 0.0223 e. The highest BCUT2D eigenvalue weighted by Crippen LogP contribution is 2.22. The van der Waals surface area contributed by atoms with Crippen LogP contribution in [0.3, 0.4) is 0 Å². The molecule has 19 heavy (non-hydrogen) atoms. The van der Waals surface area contributed by atoms with E-state index in [1.165, 1.54) is 29.5 Å². The highest BCUT2D eigenvalue weighted by molar-refractivity contribution is 9.10. The van der Waals surface area contributed by atoms with E-state index in [0.29, 0.717) is 0 Å². The molecule has 2 aromatic rings. The highest BCUT2D eigenvalue weighted by Gasteiger charge is 1.98. The van der Waals surface area contributed by atoms with Crippen LogP contribution in [0.5, 0.6) is 0 Å². The molecule has 0 bridgehead atoms. The van der Waals surface area contributed by atoms with Crippen molar-refractivity contribution in [2.24, 2.45) is 0 Å². The van der Waals surface area contributed by atoms with Crippen LogP contribution in [0.1, 0.15) is 24.8 Å². The summed E-state index contributed by atoms with van der Waals surface area (Å²) in [5.74, 6) is 0.780. The number of aryl methyl sites for hydroxylation is 1. The lowest BCUT2D eigenvalue weighted by Gasteiger charge is -2.05. The summed E-state index contributed by atoms with van der Waals surface area (Å²) in [4.78, 5) is 0. The van der Waals surface area contributed by atoms with Gasteiger partial charge in [0.2, 0.25) is 0 Å². The van der Waals surface area contributed by atoms with E-state index in [1.807, 2.05) is 0 Å². The molecule has 0 radical (unpaired) electrons. The molecular weight excluding hydrogens is 320 g/mol. The molecule has 100 valence electrons. The van der Waals surface area contributed by atoms with Gasteiger partial charge in [-0.3, -0.25) is 0 Å². The summed E-state index contributed by atoms with van der Waals surface area (Å²) in [6.07, 6.45) is 4.72. The summed E-state index contributed by atoms with van der Waals surface area (Å²) in [5.41, 5.74) is 3.95. The highest BCUT2D eigenvalue weighted by atomic mass is 79.9. The summed E-state index contributed by atoms with van der Waals surface area (Å²) in [5, 5.41) is 0. The van der Waals surface area contributed by atoms with Gasteiger partial charge >= 0.3 is 0 Å². The van der Waals surface area contributed by atoms with Crippen molar-refractivity contribution in [3.63, 3.8) is 0 Å². The van der Waals surface area contributed by atoms with Crippen LogP contribution in [-0.2, 0) is 6.42 Å². The van der Waals surface area contributed by atoms with Crippen molar-refractivity contribution in [1.29, 1.82) is 0 Å². The molecule has 0 nitrogen and oxygen atoms in total. The molecule has 0 spiro atoms. The molecule has 0 heterocycles. The van der Waals surface area contributed by atoms with Gasteiger partial charge in [0.25, 0.3) is 0 Å². The minimum absolute atomic E-state index is 0.780. The Balaban J connectivity index is 1.96. The Hall–Kier alpha value is -0.790. The average Bonchev–Trinajstić information content (AvgIpc) is 2.45. The number of hydrogen-bond donors (Lipinski definition) is 0. The number of unbranched alkanes of at least 4 members (excludes halogenated alkanes) is 2. The van der Waals surface area contributed by atoms with Crippen molar-refractivity contribution in [2.75, 3.05) is 5.88 Å². The van der Waals surface area contributed by atoms with Crippen LogP contribution in [-0.4, -0.2) is 5.88 Å². The summed E-state index contributed by atoms with van der Waals surface area (Å²) in [6, 6.07) is 17.3. The fourth-order valence-electron chi connectivity index (χ4n) is 2.11. The zero-order valence-electron chi connectivity index (χ0n) is 10.9. The van der Waals surface area contributed by atoms with E-state index in [2.05, 4.69) is 64.5 Å². The smallest absolute Gasteiger partial charge is 0.0223 e. The zero-order valence-corrected chi connectivity index (χ0v) is 13.3. The summed E-state index contributed by atoms with van der Waals surface area (Å²) >= 11 is 9.14. The maximum atomic E-state index is 5.68. The predicted octanol–water partition coefficient (Wildman–Crippen LogP) is 6.07. The van der Waals surface area contributed by atoms with E-state index in [-0.39, 0.29) is 0 Å². The van der Waals surface area contributed by atoms with E-state index in [9.17, 15) is 0 Å². The number of alkyl halides is 1. The molecule has 0 aliphatic rings. The lowest BCUT2D eigenvalue weighted by atomic mass is 10.0. The van der Waals surface area contributed by atoms with Crippen molar-refractivity contribution >= 4 is 27.5 Å². The topological polar surface area (TPSA) is 0 Å². The van der Waals surface area contributed by atoms with Crippen molar-refractivity contribution in [3.05, 3.63) is 58.6 Å². The number of halogens is 2. The average molecular weight is 338 g/mol. The zero-order chi connectivity index (χ0) is 13.5. The third-order valence-corrected chi connectivity index (χ3v) is 4.03. The molecule has 0 saturated carbocycles. The quantitative estimate of drug-likeness (QED) is 0.443. The lowest BCUT2D eigenvalue weighted by molar-refractivity contribution is 0.720. The monoisotopic (exact) mass is 336 g/mol. The summed E-state index contributed by atoms with van der Waals surface area (Å²) < 4.78 is 1.12. The molecular formula is C17H18BrCl. The van der Waals surface area contributed by atoms with Crippen LogP contribution in [0, 0.1) is 0 Å². The predicted molar refractivity (Wildman–Crippen MR) is 87.9 cm³/mol. The SMILES string of the molecule is ClCCCCCc1ccc(-c2ccc(Br)cc2)cc1. The lowest BCUT2D eigenvalue weighted by Crippen LogP contribution is -1.87. The van der Waals surface area contributed by atoms with Gasteiger partial charge in [0.1, 0.15) is 0 Å². The van der Waals surface area contributed by atoms with Gasteiger partial charge < -0.3 is 0 Å². The van der Waals surface area contributed by atoms with E-state index in [4.69, 9.17) is 11.6 Å². The summed E-state index contributed by atoms with van der Waals surface area (Å²) in [7, 11) is 0. The van der Waals surface area contributed by atoms with Gasteiger partial charge in [0, 0.05) is 10.4 Å². The number of hydrogen-bond acceptors (Lipinski definition) is 0. The molecule has 0 N–H and O–H groups in total. The van der Waals surface area contributed by atoms with Crippen molar-refractivity contribution in [1.82, 2.24) is 0 Å². The molecule has 0 amide bonds. The van der Waals surface area contributed by atoms with E-state index >= 15 is 0 Å². The molecule has 0 aromatic heterocycles. The van der Waals surface area contributed by atoms with Gasteiger partial charge in [-0.05, 0) is 48.1 Å². The molecule has 0 aliphatic heterocycles. The van der Waals surface area contributed by atoms with Gasteiger partial charge in [-0.1, -0.05) is 58.7 Å². The normalized spacial score (nSPS) is 10.6. The Morgan fingerprint density at radius 1 is 0.737 bits per heavy atom. The van der Waals surface area contributed by atoms with Crippen LogP contribution < -0.4 is 0 Å². The Kier molecular flexibility index (Phi) is 5.93. The Morgan fingerprint density at radius 2 is 1.32 bits per heavy atom. The van der Waals surface area contributed by atoms with Gasteiger partial charge in [-0.25, -0.2) is 0 Å². The van der Waals surface area contributed by atoms with E-state index < -0.39 is 0 Å². The second-order valence-corrected chi connectivity index (χ2v) is 6.00. The molecule has 2 aromatic carbocycles. The third-order valence-electron chi connectivity index (χ3n) is 3.23. The maximum absolute atomic E-state index is 5.68. The first-order valence-corrected chi connectivity index (χ1v) is 8.03. The molecule has 0 unspecified atom stereocenters. The van der Waals surface area contributed by atoms with Gasteiger partial charge in [0.15, 0.2) is 0 Å². The Morgan fingerprint density at radius 3 is 1.89 bits per heavy atom. The molecule has 2 heteroatoms. The Bertz CT molecular complexity index is 488. The molecule has 2 rings (SSSR count). The van der Waals surface area contributed by atoms with E-state index in [1.54, 1.807) is 0 Å². The molecule has 0 saturated heterocycles. The first-order chi connectivity index (χ1) is 9.29. The fraction of sp³-hybridized carbons (Fsp3) is 0.294. The second-order valence-electron chi connectivity index (χ2n) is 4.70. The van der Waals surface area contributed by atoms with Crippen LogP contribution >= 0.6 is 27.5 Å². The minimum atomic E-state index is 0.780. The van der Waals surface area contributed by atoms with Crippen molar-refractivity contribution in [2.45, 2.75) is 25.7 Å². The summed E-state index contributed by atoms with van der Waals surface area (Å²) in [6.45, 7) is 0. The fourth-order valence-corrected chi connectivity index (χ4v) is 2.56. The van der Waals surface area contributed by atoms with Gasteiger partial charge in [-0.15, -0.1) is 11.6 Å². The Labute approximate surface area is 128 Å². The van der Waals surface area contributed by atoms with Crippen molar-refractivity contribution in [3.8, 4) is 11.1 Å². The first-order valence-electron chi connectivity index (χ1n) is 6.70. The minimum Gasteiger partial charge on any atom is -0.127 e. The van der Waals surface area contributed by atoms with Crippen molar-refractivity contribution < 1.29 is 0 Å². The first kappa shape index (κ1) is 14.6. The molecule has 0 atom stereocenters. The van der Waals surface area contributed by atoms with Crippen LogP contribution in [0.25, 0.3) is 11.1 Å². The second kappa shape index (κ2) is 7.72. The largest absolute Gasteiger partial charge is 0.127 e. The van der Waals surface area contributed by atoms with Crippen LogP contribution in [0.15, 0.2) is 53.0 Å². The number of benzene rings is 2. The molecule has 0 fully saturated rings. The third kappa shape index (κ3) is 4.67. The standard InChI is InChI=1S/C17H18BrCl/c18-17-11-9-16(10-12-17)15-7-5-14(6-8-15)4-2-1-3-13-19/h5-12H,1-4,13H2. The van der Waals surface area contributed by atoms with Gasteiger partial charge in [0.05, 0.1) is 0 Å².